The number of Topliss-reactive ketones (excluding diaryl/α,β-unsaturated/α-hetero) is 1. The molecule has 1 atom stereocenters. The molecule has 0 saturated heterocycles. The Balaban J connectivity index is 1.53. The molecule has 35 heavy (non-hydrogen) atoms. The van der Waals surface area contributed by atoms with E-state index in [9.17, 15) is 27.9 Å². The number of nitrogens with zero attached hydrogens (tertiary/aromatic N) is 2. The van der Waals surface area contributed by atoms with Crippen molar-refractivity contribution in [2.45, 2.75) is 31.4 Å². The molecule has 2 N–H and O–H groups in total. The van der Waals surface area contributed by atoms with E-state index in [2.05, 4.69) is 15.3 Å². The van der Waals surface area contributed by atoms with Crippen LogP contribution >= 0.6 is 22.7 Å². The summed E-state index contributed by atoms with van der Waals surface area (Å²) in [4.78, 5) is 33.9. The minimum Gasteiger partial charge on any atom is -0.396 e. The van der Waals surface area contributed by atoms with Crippen LogP contribution in [0.2, 0.25) is 0 Å². The van der Waals surface area contributed by atoms with Gasteiger partial charge >= 0.3 is 6.18 Å². The van der Waals surface area contributed by atoms with Crippen LogP contribution in [-0.2, 0) is 17.4 Å². The Hall–Kier alpha value is -3.15. The SMILES string of the molecule is O=C(Cc1nc2ccc(NC(=O)C(CCCO)c3cccc(C(F)(F)F)c3)cc2s1)c1cscn1. The summed E-state index contributed by atoms with van der Waals surface area (Å²) in [7, 11) is 0. The number of aliphatic hydroxyl groups excluding tert-OH is 1. The van der Waals surface area contributed by atoms with Crippen molar-refractivity contribution in [1.82, 2.24) is 9.97 Å². The topological polar surface area (TPSA) is 92.2 Å². The number of fused-ring (bicyclic) bond motifs is 1. The number of aliphatic hydroxyl groups is 1. The van der Waals surface area contributed by atoms with Crippen molar-refractivity contribution in [3.8, 4) is 0 Å². The van der Waals surface area contributed by atoms with Crippen LogP contribution in [0, 0.1) is 0 Å². The number of aromatic nitrogens is 2. The molecule has 0 aliphatic heterocycles. The predicted octanol–water partition coefficient (Wildman–Crippen LogP) is 5.69. The quantitative estimate of drug-likeness (QED) is 0.277. The second-order valence-corrected chi connectivity index (χ2v) is 9.63. The second-order valence-electron chi connectivity index (χ2n) is 7.79. The van der Waals surface area contributed by atoms with Gasteiger partial charge in [-0.3, -0.25) is 9.59 Å². The molecular weight excluding hydrogens is 499 g/mol. The summed E-state index contributed by atoms with van der Waals surface area (Å²) in [5, 5.41) is 14.3. The van der Waals surface area contributed by atoms with Crippen LogP contribution < -0.4 is 5.32 Å². The van der Waals surface area contributed by atoms with E-state index in [0.717, 1.165) is 16.8 Å². The summed E-state index contributed by atoms with van der Waals surface area (Å²) >= 11 is 2.66. The highest BCUT2D eigenvalue weighted by Crippen LogP contribution is 2.33. The number of rotatable bonds is 9. The van der Waals surface area contributed by atoms with E-state index in [0.29, 0.717) is 21.9 Å². The second kappa shape index (κ2) is 10.6. The molecule has 0 saturated carbocycles. The van der Waals surface area contributed by atoms with Crippen molar-refractivity contribution in [2.75, 3.05) is 11.9 Å². The molecule has 2 heterocycles. The summed E-state index contributed by atoms with van der Waals surface area (Å²) in [6, 6.07) is 9.77. The van der Waals surface area contributed by atoms with Gasteiger partial charge in [-0.15, -0.1) is 22.7 Å². The summed E-state index contributed by atoms with van der Waals surface area (Å²) < 4.78 is 40.3. The number of carbonyl (C=O) groups excluding carboxylic acids is 2. The zero-order valence-corrected chi connectivity index (χ0v) is 19.8. The lowest BCUT2D eigenvalue weighted by Gasteiger charge is -2.18. The average molecular weight is 520 g/mol. The van der Waals surface area contributed by atoms with Crippen molar-refractivity contribution in [2.24, 2.45) is 0 Å². The van der Waals surface area contributed by atoms with Crippen LogP contribution in [0.1, 0.15) is 45.4 Å². The van der Waals surface area contributed by atoms with Gasteiger partial charge in [0.2, 0.25) is 5.91 Å². The lowest BCUT2D eigenvalue weighted by molar-refractivity contribution is -0.137. The van der Waals surface area contributed by atoms with Crippen LogP contribution in [0.5, 0.6) is 0 Å². The Morgan fingerprint density at radius 3 is 2.69 bits per heavy atom. The molecule has 11 heteroatoms. The highest BCUT2D eigenvalue weighted by Gasteiger charge is 2.32. The number of alkyl halides is 3. The minimum absolute atomic E-state index is 0.115. The fourth-order valence-corrected chi connectivity index (χ4v) is 5.17. The lowest BCUT2D eigenvalue weighted by Crippen LogP contribution is -2.22. The van der Waals surface area contributed by atoms with Gasteiger partial charge in [-0.1, -0.05) is 18.2 Å². The number of amides is 1. The maximum Gasteiger partial charge on any atom is 0.416 e. The first-order valence-electron chi connectivity index (χ1n) is 10.6. The zero-order chi connectivity index (χ0) is 25.0. The van der Waals surface area contributed by atoms with Crippen molar-refractivity contribution >= 4 is 50.3 Å². The van der Waals surface area contributed by atoms with E-state index in [1.165, 1.54) is 34.8 Å². The Kier molecular flexibility index (Phi) is 7.58. The van der Waals surface area contributed by atoms with Crippen molar-refractivity contribution < 1.29 is 27.9 Å². The number of ketones is 1. The van der Waals surface area contributed by atoms with Gasteiger partial charge in [-0.05, 0) is 42.7 Å². The van der Waals surface area contributed by atoms with Crippen LogP contribution in [0.3, 0.4) is 0 Å². The third-order valence-corrected chi connectivity index (χ3v) is 6.92. The van der Waals surface area contributed by atoms with E-state index in [4.69, 9.17) is 0 Å². The molecule has 182 valence electrons. The number of anilines is 1. The van der Waals surface area contributed by atoms with Gasteiger partial charge in [0.05, 0.1) is 33.6 Å². The van der Waals surface area contributed by atoms with E-state index in [1.54, 1.807) is 29.1 Å². The van der Waals surface area contributed by atoms with E-state index in [-0.39, 0.29) is 37.2 Å². The van der Waals surface area contributed by atoms with Crippen LogP contribution in [-0.4, -0.2) is 33.4 Å². The molecule has 0 bridgehead atoms. The Morgan fingerprint density at radius 1 is 1.14 bits per heavy atom. The maximum absolute atomic E-state index is 13.2. The summed E-state index contributed by atoms with van der Waals surface area (Å²) in [5.41, 5.74) is 2.52. The lowest BCUT2D eigenvalue weighted by atomic mass is 9.92. The fourth-order valence-electron chi connectivity index (χ4n) is 3.61. The van der Waals surface area contributed by atoms with Crippen LogP contribution in [0.15, 0.2) is 53.4 Å². The molecular formula is C24H20F3N3O3S2. The first kappa shape index (κ1) is 25.0. The van der Waals surface area contributed by atoms with Crippen LogP contribution in [0.4, 0.5) is 18.9 Å². The number of benzene rings is 2. The molecule has 1 unspecified atom stereocenters. The van der Waals surface area contributed by atoms with E-state index < -0.39 is 23.6 Å². The largest absolute Gasteiger partial charge is 0.416 e. The van der Waals surface area contributed by atoms with Gasteiger partial charge in [-0.25, -0.2) is 9.97 Å². The van der Waals surface area contributed by atoms with Gasteiger partial charge < -0.3 is 10.4 Å². The number of thiazole rings is 2. The van der Waals surface area contributed by atoms with E-state index >= 15 is 0 Å². The smallest absolute Gasteiger partial charge is 0.396 e. The Labute approximate surface area is 206 Å². The molecule has 0 fully saturated rings. The van der Waals surface area contributed by atoms with Gasteiger partial charge in [-0.2, -0.15) is 13.2 Å². The zero-order valence-electron chi connectivity index (χ0n) is 18.2. The average Bonchev–Trinajstić information content (AvgIpc) is 3.48. The predicted molar refractivity (Wildman–Crippen MR) is 129 cm³/mol. The summed E-state index contributed by atoms with van der Waals surface area (Å²) in [6.07, 6.45) is -3.96. The first-order valence-corrected chi connectivity index (χ1v) is 12.4. The normalized spacial score (nSPS) is 12.6. The van der Waals surface area contributed by atoms with Gasteiger partial charge in [0.15, 0.2) is 5.78 Å². The molecule has 6 nitrogen and oxygen atoms in total. The highest BCUT2D eigenvalue weighted by molar-refractivity contribution is 7.18. The van der Waals surface area contributed by atoms with Crippen LogP contribution in [0.25, 0.3) is 10.2 Å². The summed E-state index contributed by atoms with van der Waals surface area (Å²) in [6.45, 7) is -0.183. The molecule has 0 radical (unpaired) electrons. The third-order valence-electron chi connectivity index (χ3n) is 5.31. The number of nitrogens with one attached hydrogen (secondary N) is 1. The first-order chi connectivity index (χ1) is 16.7. The third kappa shape index (κ3) is 6.11. The Morgan fingerprint density at radius 2 is 1.97 bits per heavy atom. The number of carbonyl (C=O) groups is 2. The molecule has 1 amide bonds. The highest BCUT2D eigenvalue weighted by atomic mass is 32.1. The maximum atomic E-state index is 13.2. The number of halogens is 3. The molecule has 2 aromatic carbocycles. The van der Waals surface area contributed by atoms with Gasteiger partial charge in [0, 0.05) is 17.7 Å². The molecule has 2 aromatic heterocycles. The van der Waals surface area contributed by atoms with E-state index in [1.807, 2.05) is 0 Å². The summed E-state index contributed by atoms with van der Waals surface area (Å²) in [5.74, 6) is -1.47. The monoisotopic (exact) mass is 519 g/mol. The Bertz CT molecular complexity index is 1340. The molecule has 4 aromatic rings. The van der Waals surface area contributed by atoms with Gasteiger partial charge in [0.25, 0.3) is 0 Å². The number of hydrogen-bond donors (Lipinski definition) is 2. The van der Waals surface area contributed by atoms with Gasteiger partial charge in [0.1, 0.15) is 10.7 Å². The minimum atomic E-state index is -4.52. The van der Waals surface area contributed by atoms with Crippen molar-refractivity contribution in [3.63, 3.8) is 0 Å². The molecule has 0 spiro atoms. The number of hydrogen-bond acceptors (Lipinski definition) is 7. The molecule has 0 aliphatic carbocycles. The van der Waals surface area contributed by atoms with Crippen molar-refractivity contribution in [1.29, 1.82) is 0 Å². The standard InChI is InChI=1S/C24H20F3N3O3S2/c25-24(26,27)15-4-1-3-14(9-15)17(5-2-8-31)23(33)29-16-6-7-18-21(10-16)35-22(30-18)11-20(32)19-12-34-13-28-19/h1,3-4,6-7,9-10,12-13,17,31H,2,5,8,11H2,(H,29,33). The fraction of sp³-hybridized carbons (Fsp3) is 0.250. The van der Waals surface area contributed by atoms with Crippen molar-refractivity contribution in [3.05, 3.63) is 75.2 Å². The molecule has 0 aliphatic rings. The molecule has 4 rings (SSSR count).